The maximum Gasteiger partial charge on any atom is 0.300 e. The van der Waals surface area contributed by atoms with Gasteiger partial charge in [0.15, 0.2) is 5.79 Å². The minimum atomic E-state index is -0.833. The van der Waals surface area contributed by atoms with Gasteiger partial charge in [-0.1, -0.05) is 33.1 Å². The maximum atomic E-state index is 9.00. The highest BCUT2D eigenvalue weighted by Gasteiger charge is 2.41. The van der Waals surface area contributed by atoms with Crippen molar-refractivity contribution in [3.8, 4) is 0 Å². The van der Waals surface area contributed by atoms with Crippen molar-refractivity contribution in [3.63, 3.8) is 0 Å². The first-order valence-electron chi connectivity index (χ1n) is 6.87. The van der Waals surface area contributed by atoms with E-state index in [0.29, 0.717) is 12.2 Å². The Bertz CT molecular complexity index is 218. The molecule has 0 bridgehead atoms. The van der Waals surface area contributed by atoms with E-state index in [9.17, 15) is 0 Å². The smallest absolute Gasteiger partial charge is 0.300 e. The zero-order chi connectivity index (χ0) is 14.2. The summed E-state index contributed by atoms with van der Waals surface area (Å²) in [4.78, 5) is 9.00. The minimum absolute atomic E-state index is 0.320. The van der Waals surface area contributed by atoms with E-state index in [4.69, 9.17) is 19.4 Å². The second-order valence-electron chi connectivity index (χ2n) is 5.22. The lowest BCUT2D eigenvalue weighted by Crippen LogP contribution is -2.25. The van der Waals surface area contributed by atoms with Crippen LogP contribution in [0.3, 0.4) is 0 Å². The number of rotatable bonds is 0. The molecule has 0 radical (unpaired) electrons. The molecule has 2 aliphatic rings. The molecule has 0 aromatic heterocycles. The number of carboxylic acids is 1. The average Bonchev–Trinajstić information content (AvgIpc) is 2.51. The molecule has 1 saturated heterocycles. The van der Waals surface area contributed by atoms with Crippen LogP contribution in [0.15, 0.2) is 0 Å². The van der Waals surface area contributed by atoms with Crippen molar-refractivity contribution >= 4 is 5.97 Å². The first-order chi connectivity index (χ1) is 8.32. The van der Waals surface area contributed by atoms with E-state index in [0.717, 1.165) is 6.92 Å². The lowest BCUT2D eigenvalue weighted by molar-refractivity contribution is -0.145. The molecule has 18 heavy (non-hydrogen) atoms. The molecule has 1 aliphatic heterocycles. The molecule has 1 saturated carbocycles. The maximum absolute atomic E-state index is 9.00. The zero-order valence-corrected chi connectivity index (χ0v) is 12.4. The van der Waals surface area contributed by atoms with Gasteiger partial charge < -0.3 is 14.6 Å². The highest BCUT2D eigenvalue weighted by Crippen LogP contribution is 2.36. The second-order valence-corrected chi connectivity index (χ2v) is 5.22. The Labute approximate surface area is 111 Å². The summed E-state index contributed by atoms with van der Waals surface area (Å²) in [7, 11) is 0. The summed E-state index contributed by atoms with van der Waals surface area (Å²) in [6, 6.07) is 0. The summed E-state index contributed by atoms with van der Waals surface area (Å²) in [5, 5.41) is 7.42. The van der Waals surface area contributed by atoms with E-state index in [1.54, 1.807) is 0 Å². The Morgan fingerprint density at radius 2 is 1.44 bits per heavy atom. The van der Waals surface area contributed by atoms with Crippen molar-refractivity contribution in [1.82, 2.24) is 0 Å². The van der Waals surface area contributed by atoms with Crippen LogP contribution in [0.2, 0.25) is 0 Å². The molecule has 1 aliphatic carbocycles. The monoisotopic (exact) mass is 260 g/mol. The van der Waals surface area contributed by atoms with Gasteiger partial charge in [-0.05, 0) is 26.7 Å². The van der Waals surface area contributed by atoms with Gasteiger partial charge in [0, 0.05) is 6.92 Å². The molecule has 2 unspecified atom stereocenters. The fourth-order valence-electron chi connectivity index (χ4n) is 2.09. The quantitative estimate of drug-likeness (QED) is 0.723. The predicted molar refractivity (Wildman–Crippen MR) is 71.6 cm³/mol. The number of aliphatic carboxylic acids is 1. The summed E-state index contributed by atoms with van der Waals surface area (Å²) < 4.78 is 11.5. The van der Waals surface area contributed by atoms with Gasteiger partial charge in [0.05, 0.1) is 12.2 Å². The molecular weight excluding hydrogens is 232 g/mol. The van der Waals surface area contributed by atoms with Crippen LogP contribution >= 0.6 is 0 Å². The highest BCUT2D eigenvalue weighted by molar-refractivity contribution is 5.62. The van der Waals surface area contributed by atoms with Gasteiger partial charge >= 0.3 is 0 Å². The predicted octanol–water partition coefficient (Wildman–Crippen LogP) is 3.59. The fraction of sp³-hybridized carbons (Fsp3) is 0.929. The lowest BCUT2D eigenvalue weighted by atomic mass is 9.95. The van der Waals surface area contributed by atoms with Gasteiger partial charge in [-0.25, -0.2) is 0 Å². The Morgan fingerprint density at radius 3 is 1.72 bits per heavy atom. The van der Waals surface area contributed by atoms with E-state index in [1.807, 2.05) is 13.8 Å². The van der Waals surface area contributed by atoms with Crippen LogP contribution in [0.25, 0.3) is 0 Å². The Kier molecular flexibility index (Phi) is 8.20. The van der Waals surface area contributed by atoms with Crippen LogP contribution in [-0.4, -0.2) is 29.1 Å². The third kappa shape index (κ3) is 7.67. The fourth-order valence-corrected chi connectivity index (χ4v) is 2.09. The van der Waals surface area contributed by atoms with Crippen molar-refractivity contribution in [2.75, 3.05) is 0 Å². The van der Waals surface area contributed by atoms with Crippen LogP contribution in [0.4, 0.5) is 0 Å². The summed E-state index contributed by atoms with van der Waals surface area (Å²) in [5.74, 6) is -1.15. The summed E-state index contributed by atoms with van der Waals surface area (Å²) >= 11 is 0. The van der Waals surface area contributed by atoms with E-state index in [-0.39, 0.29) is 5.79 Å². The molecule has 1 N–H and O–H groups in total. The normalized spacial score (nSPS) is 28.1. The lowest BCUT2D eigenvalue weighted by Gasteiger charge is -2.21. The van der Waals surface area contributed by atoms with Crippen LogP contribution in [0.5, 0.6) is 0 Å². The van der Waals surface area contributed by atoms with Crippen molar-refractivity contribution < 1.29 is 19.4 Å². The van der Waals surface area contributed by atoms with Crippen molar-refractivity contribution in [1.29, 1.82) is 0 Å². The Morgan fingerprint density at radius 1 is 1.17 bits per heavy atom. The minimum Gasteiger partial charge on any atom is -0.481 e. The van der Waals surface area contributed by atoms with E-state index in [2.05, 4.69) is 13.8 Å². The molecular formula is C14H28O4. The summed E-state index contributed by atoms with van der Waals surface area (Å²) in [5.41, 5.74) is 0. The van der Waals surface area contributed by atoms with E-state index in [1.165, 1.54) is 32.1 Å². The molecule has 108 valence electrons. The van der Waals surface area contributed by atoms with Gasteiger partial charge in [-0.2, -0.15) is 0 Å². The van der Waals surface area contributed by atoms with Gasteiger partial charge in [-0.3, -0.25) is 4.79 Å². The molecule has 4 heteroatoms. The third-order valence-corrected chi connectivity index (χ3v) is 2.51. The van der Waals surface area contributed by atoms with Crippen molar-refractivity contribution in [2.24, 2.45) is 0 Å². The van der Waals surface area contributed by atoms with Crippen molar-refractivity contribution in [2.45, 2.75) is 84.7 Å². The first kappa shape index (κ1) is 17.4. The molecule has 2 fully saturated rings. The molecule has 0 spiro atoms. The van der Waals surface area contributed by atoms with E-state index < -0.39 is 5.97 Å². The Hall–Kier alpha value is -0.610. The van der Waals surface area contributed by atoms with Crippen molar-refractivity contribution in [3.05, 3.63) is 0 Å². The molecule has 0 aromatic rings. The second kappa shape index (κ2) is 8.48. The summed E-state index contributed by atoms with van der Waals surface area (Å²) in [6.07, 6.45) is 7.01. The van der Waals surface area contributed by atoms with Gasteiger partial charge in [0.2, 0.25) is 0 Å². The number of hydrogen-bond donors (Lipinski definition) is 1. The van der Waals surface area contributed by atoms with Gasteiger partial charge in [0.1, 0.15) is 0 Å². The topological polar surface area (TPSA) is 55.8 Å². The molecule has 2 rings (SSSR count). The van der Waals surface area contributed by atoms with Crippen LogP contribution in [0, 0.1) is 0 Å². The number of hydrogen-bond acceptors (Lipinski definition) is 3. The number of carbonyl (C=O) groups is 1. The van der Waals surface area contributed by atoms with Gasteiger partial charge in [0.25, 0.3) is 5.97 Å². The number of carboxylic acid groups (broad SMARTS) is 1. The van der Waals surface area contributed by atoms with Crippen LogP contribution in [0.1, 0.15) is 66.7 Å². The Balaban J connectivity index is 0.000000351. The standard InChI is InChI=1S/C9H16O2.C3H8.C2H4O2/c1-9(2)10-7-5-3-4-6-8(7)11-9;1-3-2;1-2(3)4/h7-8H,3-6H2,1-2H3;3H2,1-2H3;1H3,(H,3,4). The third-order valence-electron chi connectivity index (χ3n) is 2.51. The molecule has 4 nitrogen and oxygen atoms in total. The molecule has 1 heterocycles. The number of fused-ring (bicyclic) bond motifs is 1. The first-order valence-corrected chi connectivity index (χ1v) is 6.87. The highest BCUT2D eigenvalue weighted by atomic mass is 16.7. The molecule has 0 amide bonds. The number of ether oxygens (including phenoxy) is 2. The SMILES string of the molecule is CC(=O)O.CC1(C)OC2CCCCC2O1.CCC. The van der Waals surface area contributed by atoms with Crippen LogP contribution in [-0.2, 0) is 14.3 Å². The average molecular weight is 260 g/mol. The molecule has 0 aromatic carbocycles. The van der Waals surface area contributed by atoms with E-state index >= 15 is 0 Å². The van der Waals surface area contributed by atoms with Gasteiger partial charge in [-0.15, -0.1) is 0 Å². The zero-order valence-electron chi connectivity index (χ0n) is 12.4. The largest absolute Gasteiger partial charge is 0.481 e. The molecule has 2 atom stereocenters. The summed E-state index contributed by atoms with van der Waals surface area (Å²) in [6.45, 7) is 9.34. The van der Waals surface area contributed by atoms with Crippen LogP contribution < -0.4 is 0 Å².